The molecule has 19 heavy (non-hydrogen) atoms. The van der Waals surface area contributed by atoms with Crippen molar-refractivity contribution in [3.63, 3.8) is 0 Å². The van der Waals surface area contributed by atoms with Gasteiger partial charge >= 0.3 is 0 Å². The monoisotopic (exact) mass is 258 g/mol. The van der Waals surface area contributed by atoms with Crippen LogP contribution in [0.4, 0.5) is 0 Å². The van der Waals surface area contributed by atoms with Crippen molar-refractivity contribution < 1.29 is 4.79 Å². The highest BCUT2D eigenvalue weighted by Gasteiger charge is 2.46. The van der Waals surface area contributed by atoms with Gasteiger partial charge in [-0.3, -0.25) is 4.79 Å². The Morgan fingerprint density at radius 2 is 2.05 bits per heavy atom. The van der Waals surface area contributed by atoms with Gasteiger partial charge in [-0.15, -0.1) is 0 Å². The van der Waals surface area contributed by atoms with Crippen LogP contribution in [0.2, 0.25) is 0 Å². The molecule has 2 aliphatic rings. The van der Waals surface area contributed by atoms with Crippen LogP contribution in [-0.4, -0.2) is 18.0 Å². The fraction of sp³-hybridized carbons (Fsp3) is 0.562. The van der Waals surface area contributed by atoms with E-state index in [1.165, 1.54) is 17.5 Å². The van der Waals surface area contributed by atoms with Crippen LogP contribution in [0.1, 0.15) is 48.2 Å². The van der Waals surface area contributed by atoms with Crippen molar-refractivity contribution in [2.75, 3.05) is 0 Å². The van der Waals surface area contributed by atoms with Crippen LogP contribution in [0.5, 0.6) is 0 Å². The van der Waals surface area contributed by atoms with Gasteiger partial charge in [0.2, 0.25) is 0 Å². The molecule has 0 bridgehead atoms. The average molecular weight is 258 g/mol. The second kappa shape index (κ2) is 4.34. The molecule has 0 heterocycles. The minimum atomic E-state index is 0.00634. The summed E-state index contributed by atoms with van der Waals surface area (Å²) in [6.07, 6.45) is 4.35. The highest BCUT2D eigenvalue weighted by Crippen LogP contribution is 2.39. The molecule has 0 aliphatic heterocycles. The molecule has 0 spiro atoms. The molecule has 1 aromatic carbocycles. The van der Waals surface area contributed by atoms with Crippen LogP contribution >= 0.6 is 0 Å². The summed E-state index contributed by atoms with van der Waals surface area (Å²) < 4.78 is 0. The maximum Gasteiger partial charge on any atom is 0.251 e. The lowest BCUT2D eigenvalue weighted by molar-refractivity contribution is 0.0586. The number of carbonyl (C=O) groups is 1. The van der Waals surface area contributed by atoms with E-state index in [2.05, 4.69) is 31.3 Å². The van der Waals surface area contributed by atoms with Crippen LogP contribution in [0.15, 0.2) is 18.2 Å². The lowest BCUT2D eigenvalue weighted by Crippen LogP contribution is -2.64. The first-order chi connectivity index (χ1) is 8.98. The third-order valence-corrected chi connectivity index (χ3v) is 5.01. The summed E-state index contributed by atoms with van der Waals surface area (Å²) in [6.45, 7) is 4.24. The van der Waals surface area contributed by atoms with Gasteiger partial charge in [-0.2, -0.15) is 0 Å². The van der Waals surface area contributed by atoms with Gasteiger partial charge in [0.05, 0.1) is 0 Å². The van der Waals surface area contributed by atoms with Crippen molar-refractivity contribution in [3.05, 3.63) is 34.9 Å². The number of benzene rings is 1. The third-order valence-electron chi connectivity index (χ3n) is 5.01. The van der Waals surface area contributed by atoms with E-state index in [0.29, 0.717) is 0 Å². The number of hydrogen-bond donors (Lipinski definition) is 2. The first kappa shape index (κ1) is 12.7. The molecule has 3 nitrogen and oxygen atoms in total. The molecule has 0 aromatic heterocycles. The lowest BCUT2D eigenvalue weighted by atomic mass is 9.63. The highest BCUT2D eigenvalue weighted by atomic mass is 16.1. The molecule has 2 atom stereocenters. The quantitative estimate of drug-likeness (QED) is 0.853. The molecule has 1 amide bonds. The van der Waals surface area contributed by atoms with Crippen molar-refractivity contribution in [2.24, 2.45) is 11.1 Å². The second-order valence-corrected chi connectivity index (χ2v) is 6.53. The zero-order valence-corrected chi connectivity index (χ0v) is 11.7. The topological polar surface area (TPSA) is 55.1 Å². The number of amides is 1. The zero-order valence-electron chi connectivity index (χ0n) is 11.7. The number of aryl methyl sites for hydroxylation is 2. The van der Waals surface area contributed by atoms with Gasteiger partial charge in [0.25, 0.3) is 5.91 Å². The molecule has 1 aromatic rings. The van der Waals surface area contributed by atoms with Gasteiger partial charge in [0.15, 0.2) is 0 Å². The summed E-state index contributed by atoms with van der Waals surface area (Å²) in [4.78, 5) is 12.3. The largest absolute Gasteiger partial charge is 0.349 e. The van der Waals surface area contributed by atoms with Crippen molar-refractivity contribution in [1.82, 2.24) is 5.32 Å². The van der Waals surface area contributed by atoms with E-state index in [-0.39, 0.29) is 23.4 Å². The Hall–Kier alpha value is -1.35. The number of carbonyl (C=O) groups excluding carboxylic acids is 1. The minimum Gasteiger partial charge on any atom is -0.349 e. The van der Waals surface area contributed by atoms with Crippen molar-refractivity contribution >= 4 is 5.91 Å². The fourth-order valence-corrected chi connectivity index (χ4v) is 3.16. The second-order valence-electron chi connectivity index (χ2n) is 6.53. The molecule has 3 rings (SSSR count). The van der Waals surface area contributed by atoms with E-state index in [1.54, 1.807) is 0 Å². The number of fused-ring (bicyclic) bond motifs is 1. The Bertz CT molecular complexity index is 521. The van der Waals surface area contributed by atoms with Gasteiger partial charge in [-0.05, 0) is 48.9 Å². The van der Waals surface area contributed by atoms with E-state index in [1.807, 2.05) is 6.07 Å². The molecular weight excluding hydrogens is 236 g/mol. The smallest absolute Gasteiger partial charge is 0.251 e. The minimum absolute atomic E-state index is 0.00634. The van der Waals surface area contributed by atoms with Crippen molar-refractivity contribution in [3.8, 4) is 0 Å². The standard InChI is InChI=1S/C16H22N2O/c1-16(2)13(17)9-14(16)18-15(19)12-7-6-10-4-3-5-11(10)8-12/h6-8,13-14H,3-5,9,17H2,1-2H3,(H,18,19). The van der Waals surface area contributed by atoms with E-state index >= 15 is 0 Å². The predicted octanol–water partition coefficient (Wildman–Crippen LogP) is 2.03. The Balaban J connectivity index is 1.71. The maximum atomic E-state index is 12.3. The molecular formula is C16H22N2O. The average Bonchev–Trinajstić information content (AvgIpc) is 2.85. The summed E-state index contributed by atoms with van der Waals surface area (Å²) in [7, 11) is 0. The number of rotatable bonds is 2. The zero-order chi connectivity index (χ0) is 13.6. The van der Waals surface area contributed by atoms with Gasteiger partial charge in [-0.1, -0.05) is 19.9 Å². The summed E-state index contributed by atoms with van der Waals surface area (Å²) in [5.74, 6) is 0.0414. The van der Waals surface area contributed by atoms with Crippen LogP contribution in [0.3, 0.4) is 0 Å². The Morgan fingerprint density at radius 1 is 1.32 bits per heavy atom. The molecule has 1 fully saturated rings. The molecule has 102 valence electrons. The first-order valence-corrected chi connectivity index (χ1v) is 7.17. The molecule has 3 N–H and O–H groups in total. The van der Waals surface area contributed by atoms with Gasteiger partial charge in [0, 0.05) is 23.1 Å². The molecule has 0 saturated heterocycles. The third kappa shape index (κ3) is 2.06. The van der Waals surface area contributed by atoms with Gasteiger partial charge < -0.3 is 11.1 Å². The van der Waals surface area contributed by atoms with Crippen LogP contribution in [-0.2, 0) is 12.8 Å². The van der Waals surface area contributed by atoms with E-state index in [0.717, 1.165) is 24.8 Å². The van der Waals surface area contributed by atoms with E-state index < -0.39 is 0 Å². The van der Waals surface area contributed by atoms with E-state index in [4.69, 9.17) is 5.73 Å². The Morgan fingerprint density at radius 3 is 2.74 bits per heavy atom. The van der Waals surface area contributed by atoms with Crippen molar-refractivity contribution in [1.29, 1.82) is 0 Å². The molecule has 2 aliphatic carbocycles. The summed E-state index contributed by atoms with van der Waals surface area (Å²) in [5, 5.41) is 3.13. The van der Waals surface area contributed by atoms with Crippen molar-refractivity contribution in [2.45, 2.75) is 51.6 Å². The SMILES string of the molecule is CC1(C)C(N)CC1NC(=O)c1ccc2c(c1)CCC2. The Kier molecular flexibility index (Phi) is 2.90. The highest BCUT2D eigenvalue weighted by molar-refractivity contribution is 5.94. The van der Waals surface area contributed by atoms with Gasteiger partial charge in [-0.25, -0.2) is 0 Å². The summed E-state index contributed by atoms with van der Waals surface area (Å²) in [6, 6.07) is 6.50. The Labute approximate surface area is 114 Å². The van der Waals surface area contributed by atoms with Crippen LogP contribution in [0, 0.1) is 5.41 Å². The molecule has 0 radical (unpaired) electrons. The van der Waals surface area contributed by atoms with Crippen LogP contribution in [0.25, 0.3) is 0 Å². The summed E-state index contributed by atoms with van der Waals surface area (Å²) in [5.41, 5.74) is 9.53. The molecule has 3 heteroatoms. The normalized spacial score (nSPS) is 27.5. The number of nitrogens with two attached hydrogens (primary N) is 1. The van der Waals surface area contributed by atoms with Gasteiger partial charge in [0.1, 0.15) is 0 Å². The maximum absolute atomic E-state index is 12.3. The van der Waals surface area contributed by atoms with Crippen LogP contribution < -0.4 is 11.1 Å². The molecule has 2 unspecified atom stereocenters. The summed E-state index contributed by atoms with van der Waals surface area (Å²) >= 11 is 0. The predicted molar refractivity (Wildman–Crippen MR) is 76.1 cm³/mol. The molecule has 1 saturated carbocycles. The fourth-order valence-electron chi connectivity index (χ4n) is 3.16. The lowest BCUT2D eigenvalue weighted by Gasteiger charge is -2.50. The number of hydrogen-bond acceptors (Lipinski definition) is 2. The van der Waals surface area contributed by atoms with E-state index in [9.17, 15) is 4.79 Å². The number of nitrogens with one attached hydrogen (secondary N) is 1. The first-order valence-electron chi connectivity index (χ1n) is 7.17.